The Bertz CT molecular complexity index is 808. The van der Waals surface area contributed by atoms with E-state index in [0.717, 1.165) is 11.3 Å². The molecule has 0 saturated carbocycles. The second kappa shape index (κ2) is 6.01. The van der Waals surface area contributed by atoms with E-state index in [0.29, 0.717) is 24.0 Å². The number of H-pyrrole nitrogens is 2. The lowest BCUT2D eigenvalue weighted by Crippen LogP contribution is -2.18. The number of aromatic nitrogens is 2. The van der Waals surface area contributed by atoms with Crippen molar-refractivity contribution in [2.24, 2.45) is 0 Å². The lowest BCUT2D eigenvalue weighted by molar-refractivity contribution is -0.385. The van der Waals surface area contributed by atoms with Crippen LogP contribution in [0.5, 0.6) is 0 Å². The van der Waals surface area contributed by atoms with E-state index in [2.05, 4.69) is 9.97 Å². The highest BCUT2D eigenvalue weighted by Crippen LogP contribution is 2.21. The van der Waals surface area contributed by atoms with Crippen LogP contribution >= 0.6 is 12.2 Å². The molecule has 0 aliphatic heterocycles. The van der Waals surface area contributed by atoms with Crippen molar-refractivity contribution in [3.8, 4) is 0 Å². The van der Waals surface area contributed by atoms with Crippen LogP contribution in [0.3, 0.4) is 0 Å². The molecule has 6 nitrogen and oxygen atoms in total. The minimum absolute atomic E-state index is 0.0610. The molecule has 0 aliphatic rings. The molecule has 110 valence electrons. The quantitative estimate of drug-likeness (QED) is 0.516. The Kier molecular flexibility index (Phi) is 4.32. The first-order chi connectivity index (χ1) is 9.92. The third kappa shape index (κ3) is 3.25. The predicted octanol–water partition coefficient (Wildman–Crippen LogP) is 2.80. The van der Waals surface area contributed by atoms with Crippen LogP contribution in [0.1, 0.15) is 29.3 Å². The van der Waals surface area contributed by atoms with Gasteiger partial charge in [0.1, 0.15) is 0 Å². The van der Waals surface area contributed by atoms with Gasteiger partial charge < -0.3 is 4.98 Å². The third-order valence-electron chi connectivity index (χ3n) is 3.33. The van der Waals surface area contributed by atoms with Gasteiger partial charge in [0.2, 0.25) is 0 Å². The first-order valence-electron chi connectivity index (χ1n) is 6.50. The second-order valence-corrected chi connectivity index (χ2v) is 5.18. The summed E-state index contributed by atoms with van der Waals surface area (Å²) < 4.78 is 0.287. The van der Waals surface area contributed by atoms with Crippen LogP contribution in [-0.4, -0.2) is 14.9 Å². The topological polar surface area (TPSA) is 91.8 Å². The van der Waals surface area contributed by atoms with E-state index in [9.17, 15) is 14.9 Å². The summed E-state index contributed by atoms with van der Waals surface area (Å²) in [5, 5.41) is 11.0. The highest BCUT2D eigenvalue weighted by molar-refractivity contribution is 7.71. The van der Waals surface area contributed by atoms with E-state index in [1.807, 2.05) is 6.92 Å². The van der Waals surface area contributed by atoms with Crippen molar-refractivity contribution < 1.29 is 4.92 Å². The van der Waals surface area contributed by atoms with E-state index < -0.39 is 4.92 Å². The van der Waals surface area contributed by atoms with Gasteiger partial charge in [-0.05, 0) is 31.1 Å². The number of nitrogens with zero attached hydrogens (tertiary/aromatic N) is 1. The van der Waals surface area contributed by atoms with Gasteiger partial charge in [0.15, 0.2) is 4.77 Å². The number of aromatic amines is 2. The van der Waals surface area contributed by atoms with Gasteiger partial charge in [-0.1, -0.05) is 19.1 Å². The maximum absolute atomic E-state index is 12.0. The second-order valence-electron chi connectivity index (χ2n) is 4.77. The van der Waals surface area contributed by atoms with E-state index in [1.165, 1.54) is 6.07 Å². The lowest BCUT2D eigenvalue weighted by atomic mass is 10.0. The van der Waals surface area contributed by atoms with Crippen molar-refractivity contribution in [1.82, 2.24) is 9.97 Å². The number of rotatable bonds is 4. The Labute approximate surface area is 126 Å². The first-order valence-corrected chi connectivity index (χ1v) is 6.91. The fourth-order valence-corrected chi connectivity index (χ4v) is 2.43. The van der Waals surface area contributed by atoms with E-state index in [1.54, 1.807) is 19.1 Å². The molecular weight excluding hydrogens is 290 g/mol. The van der Waals surface area contributed by atoms with E-state index in [-0.39, 0.29) is 16.0 Å². The molecule has 0 bridgehead atoms. The Morgan fingerprint density at radius 2 is 2.05 bits per heavy atom. The highest BCUT2D eigenvalue weighted by Gasteiger charge is 2.13. The molecule has 21 heavy (non-hydrogen) atoms. The number of nitro benzene ring substituents is 1. The molecule has 2 rings (SSSR count). The van der Waals surface area contributed by atoms with Gasteiger partial charge in [-0.25, -0.2) is 0 Å². The van der Waals surface area contributed by atoms with Crippen LogP contribution in [0, 0.1) is 21.8 Å². The van der Waals surface area contributed by atoms with Crippen molar-refractivity contribution in [3.63, 3.8) is 0 Å². The minimum Gasteiger partial charge on any atom is -0.336 e. The molecule has 0 fully saturated rings. The van der Waals surface area contributed by atoms with Crippen molar-refractivity contribution in [2.75, 3.05) is 0 Å². The number of hydrogen-bond donors (Lipinski definition) is 2. The Hall–Kier alpha value is -2.28. The van der Waals surface area contributed by atoms with E-state index >= 15 is 0 Å². The van der Waals surface area contributed by atoms with Gasteiger partial charge in [-0.3, -0.25) is 19.9 Å². The van der Waals surface area contributed by atoms with Crippen molar-refractivity contribution >= 4 is 17.9 Å². The molecule has 1 aromatic carbocycles. The molecule has 1 aromatic heterocycles. The first kappa shape index (κ1) is 15.1. The molecule has 0 spiro atoms. The fourth-order valence-electron chi connectivity index (χ4n) is 2.21. The largest absolute Gasteiger partial charge is 0.336 e. The van der Waals surface area contributed by atoms with Crippen LogP contribution in [0.2, 0.25) is 0 Å². The van der Waals surface area contributed by atoms with Gasteiger partial charge in [0.05, 0.1) is 4.92 Å². The zero-order chi connectivity index (χ0) is 15.6. The third-order valence-corrected chi connectivity index (χ3v) is 3.54. The highest BCUT2D eigenvalue weighted by atomic mass is 32.1. The average Bonchev–Trinajstić information content (AvgIpc) is 2.42. The number of hydrogen-bond acceptors (Lipinski definition) is 4. The van der Waals surface area contributed by atoms with Gasteiger partial charge in [-0.2, -0.15) is 0 Å². The number of nitro groups is 1. The van der Waals surface area contributed by atoms with Crippen LogP contribution < -0.4 is 5.56 Å². The van der Waals surface area contributed by atoms with Gasteiger partial charge in [-0.15, -0.1) is 0 Å². The summed E-state index contributed by atoms with van der Waals surface area (Å²) in [5.74, 6) is 0. The summed E-state index contributed by atoms with van der Waals surface area (Å²) in [6.45, 7) is 3.60. The average molecular weight is 305 g/mol. The van der Waals surface area contributed by atoms with Crippen LogP contribution in [0.25, 0.3) is 0 Å². The maximum Gasteiger partial charge on any atom is 0.272 e. The fraction of sp³-hybridized carbons (Fsp3) is 0.286. The molecule has 0 atom stereocenters. The molecule has 2 N–H and O–H groups in total. The predicted molar refractivity (Wildman–Crippen MR) is 82.3 cm³/mol. The molecule has 0 radical (unpaired) electrons. The van der Waals surface area contributed by atoms with Crippen molar-refractivity contribution in [2.45, 2.75) is 26.7 Å². The molecule has 0 saturated heterocycles. The van der Waals surface area contributed by atoms with Crippen LogP contribution in [0.15, 0.2) is 23.0 Å². The minimum atomic E-state index is -0.414. The SMILES string of the molecule is CCc1[nH]c(=S)[nH]c(=O)c1Cc1ccc(C)c([N+](=O)[O-])c1. The number of benzene rings is 1. The maximum atomic E-state index is 12.0. The Balaban J connectivity index is 2.48. The van der Waals surface area contributed by atoms with Crippen molar-refractivity contribution in [3.05, 3.63) is 65.8 Å². The van der Waals surface area contributed by atoms with Gasteiger partial charge in [0, 0.05) is 29.3 Å². The summed E-state index contributed by atoms with van der Waals surface area (Å²) in [4.78, 5) is 28.1. The van der Waals surface area contributed by atoms with Crippen LogP contribution in [-0.2, 0) is 12.8 Å². The normalized spacial score (nSPS) is 10.6. The van der Waals surface area contributed by atoms with Gasteiger partial charge in [0.25, 0.3) is 11.2 Å². The van der Waals surface area contributed by atoms with Gasteiger partial charge >= 0.3 is 0 Å². The summed E-state index contributed by atoms with van der Waals surface area (Å²) in [7, 11) is 0. The summed E-state index contributed by atoms with van der Waals surface area (Å²) in [5.41, 5.74) is 2.44. The molecule has 0 aliphatic carbocycles. The zero-order valence-electron chi connectivity index (χ0n) is 11.7. The van der Waals surface area contributed by atoms with Crippen molar-refractivity contribution in [1.29, 1.82) is 0 Å². The Morgan fingerprint density at radius 3 is 2.67 bits per heavy atom. The molecule has 0 amide bonds. The van der Waals surface area contributed by atoms with E-state index in [4.69, 9.17) is 12.2 Å². The number of nitrogens with one attached hydrogen (secondary N) is 2. The molecule has 0 unspecified atom stereocenters. The molecule has 7 heteroatoms. The summed E-state index contributed by atoms with van der Waals surface area (Å²) in [6.07, 6.45) is 0.961. The Morgan fingerprint density at radius 1 is 1.33 bits per heavy atom. The molecule has 1 heterocycles. The van der Waals surface area contributed by atoms with Crippen LogP contribution in [0.4, 0.5) is 5.69 Å². The lowest BCUT2D eigenvalue weighted by Gasteiger charge is -2.07. The standard InChI is InChI=1S/C14H15N3O3S/c1-3-11-10(13(18)16-14(21)15-11)6-9-5-4-8(2)12(7-9)17(19)20/h4-5,7H,3,6H2,1-2H3,(H2,15,16,18,21). The molecule has 2 aromatic rings. The zero-order valence-corrected chi connectivity index (χ0v) is 12.5. The summed E-state index contributed by atoms with van der Waals surface area (Å²) >= 11 is 4.95. The molecular formula is C14H15N3O3S. The smallest absolute Gasteiger partial charge is 0.272 e. The number of aryl methyl sites for hydroxylation is 2. The monoisotopic (exact) mass is 305 g/mol. The summed E-state index contributed by atoms with van der Waals surface area (Å²) in [6, 6.07) is 5.00.